The first-order valence-corrected chi connectivity index (χ1v) is 7.03. The van der Waals surface area contributed by atoms with Crippen molar-refractivity contribution in [2.45, 2.75) is 38.3 Å². The summed E-state index contributed by atoms with van der Waals surface area (Å²) < 4.78 is 1.19. The summed E-state index contributed by atoms with van der Waals surface area (Å²) in [7, 11) is 2.06. The Hall–Kier alpha value is -0.540. The number of hydrogen-bond acceptors (Lipinski definition) is 2. The van der Waals surface area contributed by atoms with Crippen molar-refractivity contribution < 1.29 is 0 Å². The summed E-state index contributed by atoms with van der Waals surface area (Å²) in [6.07, 6.45) is 2.39. The Morgan fingerprint density at radius 1 is 1.35 bits per heavy atom. The van der Waals surface area contributed by atoms with E-state index in [0.29, 0.717) is 6.04 Å². The van der Waals surface area contributed by atoms with Gasteiger partial charge in [-0.25, -0.2) is 0 Å². The zero-order valence-corrected chi connectivity index (χ0v) is 12.4. The van der Waals surface area contributed by atoms with Crippen molar-refractivity contribution in [2.75, 3.05) is 18.5 Å². The Morgan fingerprint density at radius 2 is 2.06 bits per heavy atom. The number of piperidine rings is 1. The number of hydrogen-bond donors (Lipinski definition) is 1. The zero-order chi connectivity index (χ0) is 12.5. The van der Waals surface area contributed by atoms with Gasteiger partial charge in [-0.3, -0.25) is 0 Å². The molecule has 2 rings (SSSR count). The highest BCUT2D eigenvalue weighted by Crippen LogP contribution is 2.36. The van der Waals surface area contributed by atoms with E-state index in [1.807, 2.05) is 0 Å². The first kappa shape index (κ1) is 12.9. The average molecular weight is 297 g/mol. The molecule has 2 nitrogen and oxygen atoms in total. The van der Waals surface area contributed by atoms with Crippen LogP contribution < -0.4 is 10.2 Å². The van der Waals surface area contributed by atoms with Crippen molar-refractivity contribution in [1.82, 2.24) is 5.32 Å². The molecule has 0 bridgehead atoms. The van der Waals surface area contributed by atoms with Gasteiger partial charge in [-0.1, -0.05) is 12.1 Å². The molecule has 1 unspecified atom stereocenters. The number of para-hydroxylation sites is 1. The number of nitrogens with one attached hydrogen (secondary N) is 1. The Kier molecular flexibility index (Phi) is 3.79. The first-order valence-electron chi connectivity index (χ1n) is 6.24. The van der Waals surface area contributed by atoms with Crippen LogP contribution in [0.25, 0.3) is 0 Å². The summed E-state index contributed by atoms with van der Waals surface area (Å²) in [6, 6.07) is 9.14. The molecule has 0 aliphatic carbocycles. The van der Waals surface area contributed by atoms with Crippen LogP contribution in [0, 0.1) is 0 Å². The van der Waals surface area contributed by atoms with E-state index in [9.17, 15) is 0 Å². The average Bonchev–Trinajstić information content (AvgIpc) is 2.29. The van der Waals surface area contributed by atoms with Crippen LogP contribution in [0.5, 0.6) is 0 Å². The second-order valence-electron chi connectivity index (χ2n) is 5.39. The topological polar surface area (TPSA) is 15.3 Å². The third-order valence-electron chi connectivity index (χ3n) is 3.73. The van der Waals surface area contributed by atoms with Crippen LogP contribution in [0.15, 0.2) is 28.7 Å². The monoisotopic (exact) mass is 296 g/mol. The van der Waals surface area contributed by atoms with Gasteiger partial charge in [-0.2, -0.15) is 0 Å². The Morgan fingerprint density at radius 3 is 2.65 bits per heavy atom. The number of nitrogens with zero attached hydrogens (tertiary/aromatic N) is 1. The van der Waals surface area contributed by atoms with Crippen LogP contribution in [0.3, 0.4) is 0 Å². The molecule has 17 heavy (non-hydrogen) atoms. The summed E-state index contributed by atoms with van der Waals surface area (Å²) >= 11 is 3.66. The van der Waals surface area contributed by atoms with Crippen LogP contribution in [0.2, 0.25) is 0 Å². The van der Waals surface area contributed by atoms with E-state index in [1.165, 1.54) is 23.0 Å². The van der Waals surface area contributed by atoms with Gasteiger partial charge in [-0.15, -0.1) is 0 Å². The molecular formula is C14H21BrN2. The number of anilines is 1. The molecule has 1 aliphatic rings. The molecule has 0 amide bonds. The van der Waals surface area contributed by atoms with Crippen molar-refractivity contribution in [1.29, 1.82) is 0 Å². The van der Waals surface area contributed by atoms with Crippen LogP contribution in [0.4, 0.5) is 5.69 Å². The molecular weight excluding hydrogens is 276 g/mol. The standard InChI is InChI=1S/C14H21BrN2/c1-14(2)10-11(16-3)8-9-17(14)13-7-5-4-6-12(13)15/h4-7,11,16H,8-10H2,1-3H3. The molecule has 1 heterocycles. The van der Waals surface area contributed by atoms with Crippen molar-refractivity contribution in [3.8, 4) is 0 Å². The molecule has 1 aromatic carbocycles. The van der Waals surface area contributed by atoms with Crippen LogP contribution in [-0.4, -0.2) is 25.2 Å². The van der Waals surface area contributed by atoms with E-state index < -0.39 is 0 Å². The fourth-order valence-electron chi connectivity index (χ4n) is 2.77. The maximum atomic E-state index is 3.66. The van der Waals surface area contributed by atoms with Crippen LogP contribution in [0.1, 0.15) is 26.7 Å². The highest BCUT2D eigenvalue weighted by molar-refractivity contribution is 9.10. The van der Waals surface area contributed by atoms with Gasteiger partial charge in [0, 0.05) is 22.6 Å². The Labute approximate surface area is 113 Å². The normalized spacial score (nSPS) is 23.8. The lowest BCUT2D eigenvalue weighted by Gasteiger charge is -2.47. The molecule has 1 N–H and O–H groups in total. The van der Waals surface area contributed by atoms with Gasteiger partial charge >= 0.3 is 0 Å². The first-order chi connectivity index (χ1) is 8.04. The van der Waals surface area contributed by atoms with Gasteiger partial charge in [0.2, 0.25) is 0 Å². The summed E-state index contributed by atoms with van der Waals surface area (Å²) in [5, 5.41) is 3.41. The molecule has 1 fully saturated rings. The van der Waals surface area contributed by atoms with Gasteiger partial charge in [0.1, 0.15) is 0 Å². The van der Waals surface area contributed by atoms with Gasteiger partial charge in [0.25, 0.3) is 0 Å². The number of benzene rings is 1. The fraction of sp³-hybridized carbons (Fsp3) is 0.571. The maximum Gasteiger partial charge on any atom is 0.0515 e. The third-order valence-corrected chi connectivity index (χ3v) is 4.40. The smallest absolute Gasteiger partial charge is 0.0515 e. The molecule has 1 aromatic rings. The molecule has 3 heteroatoms. The highest BCUT2D eigenvalue weighted by atomic mass is 79.9. The van der Waals surface area contributed by atoms with Crippen molar-refractivity contribution in [3.05, 3.63) is 28.7 Å². The lowest BCUT2D eigenvalue weighted by molar-refractivity contribution is 0.301. The molecule has 94 valence electrons. The summed E-state index contributed by atoms with van der Waals surface area (Å²) in [6.45, 7) is 5.77. The van der Waals surface area contributed by atoms with E-state index in [4.69, 9.17) is 0 Å². The second-order valence-corrected chi connectivity index (χ2v) is 6.25. The van der Waals surface area contributed by atoms with Gasteiger partial charge in [0.05, 0.1) is 5.69 Å². The van der Waals surface area contributed by atoms with Gasteiger partial charge in [-0.05, 0) is 61.8 Å². The van der Waals surface area contributed by atoms with E-state index in [1.54, 1.807) is 0 Å². The molecule has 0 saturated carbocycles. The van der Waals surface area contributed by atoms with Crippen LogP contribution >= 0.6 is 15.9 Å². The molecule has 1 saturated heterocycles. The van der Waals surface area contributed by atoms with E-state index in [-0.39, 0.29) is 5.54 Å². The predicted molar refractivity (Wildman–Crippen MR) is 77.6 cm³/mol. The minimum absolute atomic E-state index is 0.204. The SMILES string of the molecule is CNC1CCN(c2ccccc2Br)C(C)(C)C1. The van der Waals surface area contributed by atoms with Crippen molar-refractivity contribution >= 4 is 21.6 Å². The predicted octanol–water partition coefficient (Wildman–Crippen LogP) is 3.42. The molecule has 0 aromatic heterocycles. The Bertz CT molecular complexity index is 390. The quantitative estimate of drug-likeness (QED) is 0.900. The lowest BCUT2D eigenvalue weighted by atomic mass is 9.86. The summed E-state index contributed by atoms with van der Waals surface area (Å²) in [5.41, 5.74) is 1.52. The largest absolute Gasteiger partial charge is 0.365 e. The summed E-state index contributed by atoms with van der Waals surface area (Å²) in [4.78, 5) is 2.52. The summed E-state index contributed by atoms with van der Waals surface area (Å²) in [5.74, 6) is 0. The van der Waals surface area contributed by atoms with E-state index in [0.717, 1.165) is 6.54 Å². The van der Waals surface area contributed by atoms with E-state index >= 15 is 0 Å². The van der Waals surface area contributed by atoms with Gasteiger partial charge < -0.3 is 10.2 Å². The minimum Gasteiger partial charge on any atom is -0.365 e. The lowest BCUT2D eigenvalue weighted by Crippen LogP contribution is -2.54. The molecule has 1 aliphatic heterocycles. The molecule has 0 spiro atoms. The number of halogens is 1. The highest BCUT2D eigenvalue weighted by Gasteiger charge is 2.34. The van der Waals surface area contributed by atoms with Crippen LogP contribution in [-0.2, 0) is 0 Å². The molecule has 0 radical (unpaired) electrons. The zero-order valence-electron chi connectivity index (χ0n) is 10.8. The Balaban J connectivity index is 2.25. The van der Waals surface area contributed by atoms with E-state index in [2.05, 4.69) is 71.3 Å². The maximum absolute atomic E-state index is 3.66. The molecule has 1 atom stereocenters. The third kappa shape index (κ3) is 2.66. The number of rotatable bonds is 2. The van der Waals surface area contributed by atoms with Crippen molar-refractivity contribution in [2.24, 2.45) is 0 Å². The minimum atomic E-state index is 0.204. The second kappa shape index (κ2) is 4.99. The fourth-order valence-corrected chi connectivity index (χ4v) is 3.27. The van der Waals surface area contributed by atoms with Crippen molar-refractivity contribution in [3.63, 3.8) is 0 Å². The van der Waals surface area contributed by atoms with Gasteiger partial charge in [0.15, 0.2) is 0 Å².